The molecule has 9 heteroatoms. The van der Waals surface area contributed by atoms with E-state index in [1.165, 1.54) is 205 Å². The Morgan fingerprint density at radius 1 is 0.429 bits per heavy atom. The van der Waals surface area contributed by atoms with Gasteiger partial charge in [0.05, 0.1) is 39.9 Å². The number of hydrogen-bond acceptors (Lipinski definition) is 6. The molecule has 0 aromatic heterocycles. The number of quaternary nitrogens is 1. The minimum absolute atomic E-state index is 0.0102. The number of carbonyl (C=O) groups excluding carboxylic acids is 1. The van der Waals surface area contributed by atoms with E-state index in [1.54, 1.807) is 6.08 Å². The van der Waals surface area contributed by atoms with Gasteiger partial charge in [0.1, 0.15) is 13.2 Å². The van der Waals surface area contributed by atoms with Gasteiger partial charge in [-0.25, -0.2) is 0 Å². The first-order valence-electron chi connectivity index (χ1n) is 35.2. The van der Waals surface area contributed by atoms with Crippen molar-refractivity contribution in [3.63, 3.8) is 0 Å². The second-order valence-corrected chi connectivity index (χ2v) is 26.3. The highest BCUT2D eigenvalue weighted by atomic mass is 31.2. The highest BCUT2D eigenvalue weighted by molar-refractivity contribution is 7.45. The number of phosphoric ester groups is 1. The number of likely N-dealkylation sites (N-methyl/N-ethyl adjacent to an activating group) is 1. The summed E-state index contributed by atoms with van der Waals surface area (Å²) in [4.78, 5) is 25.6. The van der Waals surface area contributed by atoms with Crippen LogP contribution in [0.4, 0.5) is 0 Å². The van der Waals surface area contributed by atoms with Crippen molar-refractivity contribution in [3.8, 4) is 0 Å². The number of rotatable bonds is 64. The summed E-state index contributed by atoms with van der Waals surface area (Å²) >= 11 is 0. The third-order valence-electron chi connectivity index (χ3n) is 15.5. The topological polar surface area (TPSA) is 108 Å². The zero-order chi connectivity index (χ0) is 61.2. The van der Waals surface area contributed by atoms with Gasteiger partial charge in [-0.2, -0.15) is 0 Å². The summed E-state index contributed by atoms with van der Waals surface area (Å²) in [6.07, 6.45) is 95.0. The summed E-state index contributed by atoms with van der Waals surface area (Å²) < 4.78 is 23.4. The summed E-state index contributed by atoms with van der Waals surface area (Å²) in [5.41, 5.74) is 0. The Morgan fingerprint density at radius 2 is 0.738 bits per heavy atom. The first-order valence-corrected chi connectivity index (χ1v) is 36.7. The fraction of sp³-hybridized carbons (Fsp3) is 0.747. The van der Waals surface area contributed by atoms with E-state index in [0.717, 1.165) is 83.5 Å². The monoisotopic (exact) mass is 1190 g/mol. The second-order valence-electron chi connectivity index (χ2n) is 24.8. The molecule has 84 heavy (non-hydrogen) atoms. The van der Waals surface area contributed by atoms with Crippen LogP contribution in [0.15, 0.2) is 109 Å². The van der Waals surface area contributed by atoms with Crippen molar-refractivity contribution in [1.29, 1.82) is 0 Å². The highest BCUT2D eigenvalue weighted by Crippen LogP contribution is 2.38. The number of nitrogens with zero attached hydrogens (tertiary/aromatic N) is 1. The molecule has 0 rings (SSSR count). The van der Waals surface area contributed by atoms with Gasteiger partial charge in [0.2, 0.25) is 5.91 Å². The van der Waals surface area contributed by atoms with Crippen LogP contribution in [0.5, 0.6) is 0 Å². The van der Waals surface area contributed by atoms with Gasteiger partial charge in [0, 0.05) is 6.42 Å². The zero-order valence-corrected chi connectivity index (χ0v) is 56.5. The van der Waals surface area contributed by atoms with E-state index in [0.29, 0.717) is 17.4 Å². The molecule has 0 heterocycles. The molecule has 0 saturated carbocycles. The molecule has 0 spiro atoms. The summed E-state index contributed by atoms with van der Waals surface area (Å²) in [5, 5.41) is 13.9. The molecule has 2 N–H and O–H groups in total. The van der Waals surface area contributed by atoms with Crippen molar-refractivity contribution in [2.45, 2.75) is 321 Å². The fourth-order valence-corrected chi connectivity index (χ4v) is 10.8. The van der Waals surface area contributed by atoms with Crippen molar-refractivity contribution in [2.75, 3.05) is 40.9 Å². The molecule has 0 fully saturated rings. The van der Waals surface area contributed by atoms with Crippen LogP contribution < -0.4 is 10.2 Å². The highest BCUT2D eigenvalue weighted by Gasteiger charge is 2.23. The van der Waals surface area contributed by atoms with Crippen LogP contribution in [-0.4, -0.2) is 68.5 Å². The largest absolute Gasteiger partial charge is 0.756 e. The number of hydrogen-bond donors (Lipinski definition) is 2. The van der Waals surface area contributed by atoms with Crippen molar-refractivity contribution in [3.05, 3.63) is 109 Å². The van der Waals surface area contributed by atoms with Crippen molar-refractivity contribution < 1.29 is 32.9 Å². The molecular weight excluding hydrogens is 1060 g/mol. The quantitative estimate of drug-likeness (QED) is 0.0272. The molecule has 0 radical (unpaired) electrons. The van der Waals surface area contributed by atoms with Crippen LogP contribution in [0, 0.1) is 0 Å². The maximum atomic E-state index is 13.0. The Bertz CT molecular complexity index is 1740. The Balaban J connectivity index is 4.13. The molecule has 3 atom stereocenters. The predicted octanol–water partition coefficient (Wildman–Crippen LogP) is 22.0. The van der Waals surface area contributed by atoms with Crippen molar-refractivity contribution >= 4 is 13.7 Å². The smallest absolute Gasteiger partial charge is 0.268 e. The van der Waals surface area contributed by atoms with Crippen LogP contribution in [0.3, 0.4) is 0 Å². The Hall–Kier alpha value is -2.84. The zero-order valence-electron chi connectivity index (χ0n) is 55.6. The number of amides is 1. The summed E-state index contributed by atoms with van der Waals surface area (Å²) in [7, 11) is 1.24. The molecular formula is C75H135N2O6P. The van der Waals surface area contributed by atoms with Gasteiger partial charge in [0.15, 0.2) is 0 Å². The minimum atomic E-state index is -4.62. The molecule has 0 aromatic rings. The van der Waals surface area contributed by atoms with Crippen LogP contribution in [0.25, 0.3) is 0 Å². The summed E-state index contributed by atoms with van der Waals surface area (Å²) in [6.45, 7) is 4.54. The Kier molecular flexibility index (Phi) is 62.4. The van der Waals surface area contributed by atoms with Crippen LogP contribution in [-0.2, 0) is 18.4 Å². The molecule has 0 aromatic carbocycles. The Morgan fingerprint density at radius 3 is 1.11 bits per heavy atom. The van der Waals surface area contributed by atoms with E-state index in [1.807, 2.05) is 27.2 Å². The van der Waals surface area contributed by atoms with Crippen molar-refractivity contribution in [1.82, 2.24) is 5.32 Å². The van der Waals surface area contributed by atoms with E-state index in [4.69, 9.17) is 9.05 Å². The molecule has 3 unspecified atom stereocenters. The predicted molar refractivity (Wildman–Crippen MR) is 366 cm³/mol. The van der Waals surface area contributed by atoms with Gasteiger partial charge in [-0.15, -0.1) is 0 Å². The van der Waals surface area contributed by atoms with Crippen LogP contribution in [0.2, 0.25) is 0 Å². The third kappa shape index (κ3) is 66.7. The Labute approximate surface area is 521 Å². The second kappa shape index (κ2) is 64.6. The molecule has 0 bridgehead atoms. The lowest BCUT2D eigenvalue weighted by molar-refractivity contribution is -0.870. The minimum Gasteiger partial charge on any atom is -0.756 e. The number of nitrogens with one attached hydrogen (secondary N) is 1. The van der Waals surface area contributed by atoms with Crippen molar-refractivity contribution in [2.24, 2.45) is 0 Å². The van der Waals surface area contributed by atoms with Gasteiger partial charge in [-0.1, -0.05) is 322 Å². The van der Waals surface area contributed by atoms with E-state index in [2.05, 4.69) is 116 Å². The molecule has 1 amide bonds. The molecule has 0 saturated heterocycles. The van der Waals surface area contributed by atoms with Crippen LogP contribution >= 0.6 is 7.82 Å². The van der Waals surface area contributed by atoms with Gasteiger partial charge >= 0.3 is 0 Å². The van der Waals surface area contributed by atoms with Crippen LogP contribution in [0.1, 0.15) is 309 Å². The molecule has 8 nitrogen and oxygen atoms in total. The SMILES string of the molecule is CC/C=C\C/C=C\C/C=C\C/C=C\C/C=C\C/C=C\C/C=C\CCCCCCCCCCCCCCCC(=O)NC(COP(=O)([O-])OCC[N+](C)(C)C)C(O)/C=C/CC/C=C/CCCCCCCCCCCCCCCCCCCCCCC. The molecule has 0 aliphatic rings. The van der Waals surface area contributed by atoms with E-state index in [-0.39, 0.29) is 12.5 Å². The average molecular weight is 1190 g/mol. The number of unbranched alkanes of at least 4 members (excludes halogenated alkanes) is 35. The van der Waals surface area contributed by atoms with E-state index < -0.39 is 26.6 Å². The lowest BCUT2D eigenvalue weighted by Crippen LogP contribution is -2.45. The maximum Gasteiger partial charge on any atom is 0.268 e. The number of aliphatic hydroxyl groups is 1. The standard InChI is InChI=1S/C75H135N2O6P/c1-6-8-10-12-14-16-18-20-22-24-26-28-30-32-34-35-36-37-38-39-40-41-43-45-47-49-51-53-55-57-59-61-63-65-67-69-75(79)76-73(72-83-84(80,81)82-71-70-77(3,4)5)74(78)68-66-64-62-60-58-56-54-52-50-48-46-44-42-33-31-29-27-25-23-21-19-17-15-13-11-9-7-2/h8,10,14,16,20,22,26,28,32,34,36-37,39-40,58,60,66,68,73-74,78H,6-7,9,11-13,15,17-19,21,23-25,27,29-31,33,35,38,41-57,59,61-65,67,69-72H2,1-5H3,(H-,76,79,80,81)/b10-8-,16-14-,22-20-,28-26-,34-32-,37-36-,40-39-,60-58+,68-66+. The normalized spacial score (nSPS) is 14.3. The van der Waals surface area contributed by atoms with Gasteiger partial charge in [-0.3, -0.25) is 9.36 Å². The first-order chi connectivity index (χ1) is 41.0. The first kappa shape index (κ1) is 81.2. The van der Waals surface area contributed by atoms with Gasteiger partial charge < -0.3 is 28.8 Å². The van der Waals surface area contributed by atoms with E-state index in [9.17, 15) is 19.4 Å². The summed E-state index contributed by atoms with van der Waals surface area (Å²) in [6, 6.07) is -0.912. The lowest BCUT2D eigenvalue weighted by Gasteiger charge is -2.29. The number of phosphoric acid groups is 1. The van der Waals surface area contributed by atoms with Gasteiger partial charge in [-0.05, 0) is 89.9 Å². The molecule has 0 aliphatic carbocycles. The third-order valence-corrected chi connectivity index (χ3v) is 16.4. The lowest BCUT2D eigenvalue weighted by atomic mass is 10.0. The summed E-state index contributed by atoms with van der Waals surface area (Å²) in [5.74, 6) is -0.209. The number of carbonyl (C=O) groups is 1. The van der Waals surface area contributed by atoms with E-state index >= 15 is 0 Å². The number of aliphatic hydroxyl groups excluding tert-OH is 1. The van der Waals surface area contributed by atoms with Gasteiger partial charge in [0.25, 0.3) is 7.82 Å². The average Bonchev–Trinajstić information content (AvgIpc) is 3.56. The molecule has 0 aliphatic heterocycles. The maximum absolute atomic E-state index is 13.0. The fourth-order valence-electron chi connectivity index (χ4n) is 10.0. The number of allylic oxidation sites excluding steroid dienone is 17. The molecule has 486 valence electrons.